The molecular weight excluding hydrogens is 328 g/mol. The number of rotatable bonds is 2. The molecule has 140 valence electrons. The molecular formula is C22H40S2. The molecule has 0 nitrogen and oxygen atoms in total. The van der Waals surface area contributed by atoms with Gasteiger partial charge in [0.1, 0.15) is 0 Å². The molecule has 0 aromatic rings. The minimum atomic E-state index is 0.892. The Labute approximate surface area is 162 Å². The highest BCUT2D eigenvalue weighted by Gasteiger charge is 2.53. The molecule has 3 saturated carbocycles. The molecule has 2 heteroatoms. The molecule has 0 aliphatic heterocycles. The van der Waals surface area contributed by atoms with Gasteiger partial charge in [0.15, 0.2) is 0 Å². The van der Waals surface area contributed by atoms with Crippen molar-refractivity contribution in [2.45, 2.75) is 89.9 Å². The maximum Gasteiger partial charge on any atom is -0.00666 e. The highest BCUT2D eigenvalue weighted by Crippen LogP contribution is 2.59. The molecule has 3 fully saturated rings. The standard InChI is InChI=1S/C22H40S2/c23-15-17-11-7-3-1-5-9-13-19-20-14-10-6-2-4-8-12-18(16-24)22(20)21(17)19/h17-24H,1-16H2. The van der Waals surface area contributed by atoms with E-state index in [2.05, 4.69) is 0 Å². The summed E-state index contributed by atoms with van der Waals surface area (Å²) in [7, 11) is 0. The zero-order valence-electron chi connectivity index (χ0n) is 15.7. The molecule has 0 aromatic heterocycles. The monoisotopic (exact) mass is 368 g/mol. The first-order valence-corrected chi connectivity index (χ1v) is 12.3. The second-order valence-electron chi connectivity index (χ2n) is 9.06. The van der Waals surface area contributed by atoms with Gasteiger partial charge in [-0.05, 0) is 72.7 Å². The van der Waals surface area contributed by atoms with Crippen molar-refractivity contribution in [3.05, 3.63) is 0 Å². The van der Waals surface area contributed by atoms with Gasteiger partial charge in [0, 0.05) is 0 Å². The van der Waals surface area contributed by atoms with E-state index in [9.17, 15) is 0 Å². The molecule has 6 atom stereocenters. The van der Waals surface area contributed by atoms with Gasteiger partial charge in [0.2, 0.25) is 0 Å². The van der Waals surface area contributed by atoms with Crippen LogP contribution in [0.15, 0.2) is 0 Å². The maximum absolute atomic E-state index is 4.83. The quantitative estimate of drug-likeness (QED) is 0.479. The Morgan fingerprint density at radius 2 is 0.792 bits per heavy atom. The zero-order chi connectivity index (χ0) is 16.8. The van der Waals surface area contributed by atoms with Crippen molar-refractivity contribution in [2.24, 2.45) is 35.5 Å². The van der Waals surface area contributed by atoms with Crippen LogP contribution < -0.4 is 0 Å². The average Bonchev–Trinajstić information content (AvgIpc) is 2.60. The van der Waals surface area contributed by atoms with Crippen molar-refractivity contribution in [2.75, 3.05) is 11.5 Å². The van der Waals surface area contributed by atoms with E-state index in [1.54, 1.807) is 0 Å². The molecule has 0 radical (unpaired) electrons. The molecule has 0 saturated heterocycles. The minimum Gasteiger partial charge on any atom is -0.179 e. The van der Waals surface area contributed by atoms with E-state index >= 15 is 0 Å². The summed E-state index contributed by atoms with van der Waals surface area (Å²) in [5.41, 5.74) is 0. The van der Waals surface area contributed by atoms with Crippen LogP contribution in [0.4, 0.5) is 0 Å². The molecule has 0 amide bonds. The highest BCUT2D eigenvalue weighted by atomic mass is 32.1. The summed E-state index contributed by atoms with van der Waals surface area (Å²) in [6.45, 7) is 0. The van der Waals surface area contributed by atoms with Gasteiger partial charge < -0.3 is 0 Å². The van der Waals surface area contributed by atoms with Gasteiger partial charge in [-0.3, -0.25) is 0 Å². The summed E-state index contributed by atoms with van der Waals surface area (Å²) in [4.78, 5) is 0. The summed E-state index contributed by atoms with van der Waals surface area (Å²) in [5.74, 6) is 8.09. The van der Waals surface area contributed by atoms with Gasteiger partial charge in [-0.2, -0.15) is 25.3 Å². The predicted octanol–water partition coefficient (Wildman–Crippen LogP) is 7.05. The first kappa shape index (κ1) is 19.5. The molecule has 0 spiro atoms. The zero-order valence-corrected chi connectivity index (χ0v) is 17.5. The largest absolute Gasteiger partial charge is 0.179 e. The topological polar surface area (TPSA) is 0 Å². The Morgan fingerprint density at radius 1 is 0.458 bits per heavy atom. The molecule has 3 aliphatic carbocycles. The van der Waals surface area contributed by atoms with Gasteiger partial charge >= 0.3 is 0 Å². The summed E-state index contributed by atoms with van der Waals surface area (Å²) >= 11 is 9.65. The Balaban J connectivity index is 1.78. The number of hydrogen-bond donors (Lipinski definition) is 2. The van der Waals surface area contributed by atoms with Crippen LogP contribution >= 0.6 is 25.3 Å². The van der Waals surface area contributed by atoms with E-state index in [1.807, 2.05) is 0 Å². The first-order valence-electron chi connectivity index (χ1n) is 11.1. The lowest BCUT2D eigenvalue weighted by Gasteiger charge is -2.59. The van der Waals surface area contributed by atoms with Crippen LogP contribution in [-0.2, 0) is 0 Å². The van der Waals surface area contributed by atoms with E-state index in [4.69, 9.17) is 25.3 Å². The van der Waals surface area contributed by atoms with Crippen LogP contribution in [0.5, 0.6) is 0 Å². The SMILES string of the molecule is SCC1CCCCCCCC2C3CCCCCCCC(CS)C3C12. The Bertz CT molecular complexity index is 322. The second-order valence-corrected chi connectivity index (χ2v) is 9.79. The van der Waals surface area contributed by atoms with Crippen molar-refractivity contribution in [3.63, 3.8) is 0 Å². The fraction of sp³-hybridized carbons (Fsp3) is 1.00. The third-order valence-corrected chi connectivity index (χ3v) is 8.70. The van der Waals surface area contributed by atoms with Crippen LogP contribution in [0.1, 0.15) is 89.9 Å². The van der Waals surface area contributed by atoms with Gasteiger partial charge in [0.25, 0.3) is 0 Å². The van der Waals surface area contributed by atoms with Crippen molar-refractivity contribution in [1.29, 1.82) is 0 Å². The summed E-state index contributed by atoms with van der Waals surface area (Å²) in [6.07, 6.45) is 20.7. The highest BCUT2D eigenvalue weighted by molar-refractivity contribution is 7.80. The Morgan fingerprint density at radius 3 is 1.17 bits per heavy atom. The average molecular weight is 369 g/mol. The molecule has 0 bridgehead atoms. The van der Waals surface area contributed by atoms with E-state index < -0.39 is 0 Å². The summed E-state index contributed by atoms with van der Waals surface area (Å²) < 4.78 is 0. The molecule has 0 heterocycles. The summed E-state index contributed by atoms with van der Waals surface area (Å²) in [6, 6.07) is 0. The third-order valence-electron chi connectivity index (χ3n) is 7.77. The minimum absolute atomic E-state index is 0.892. The van der Waals surface area contributed by atoms with Crippen molar-refractivity contribution in [1.82, 2.24) is 0 Å². The first-order chi connectivity index (χ1) is 11.9. The van der Waals surface area contributed by atoms with Crippen LogP contribution in [-0.4, -0.2) is 11.5 Å². The molecule has 0 N–H and O–H groups in total. The Hall–Kier alpha value is 0.700. The van der Waals surface area contributed by atoms with E-state index in [1.165, 1.54) is 89.9 Å². The molecule has 24 heavy (non-hydrogen) atoms. The second kappa shape index (κ2) is 10.1. The fourth-order valence-electron chi connectivity index (χ4n) is 6.58. The lowest BCUT2D eigenvalue weighted by Crippen LogP contribution is -2.54. The van der Waals surface area contributed by atoms with Crippen LogP contribution in [0.3, 0.4) is 0 Å². The number of fused-ring (bicyclic) bond motifs is 4. The molecule has 6 unspecified atom stereocenters. The van der Waals surface area contributed by atoms with Crippen LogP contribution in [0.25, 0.3) is 0 Å². The molecule has 3 rings (SSSR count). The van der Waals surface area contributed by atoms with Gasteiger partial charge in [-0.15, -0.1) is 0 Å². The smallest absolute Gasteiger partial charge is 0.00666 e. The number of hydrogen-bond acceptors (Lipinski definition) is 2. The number of thiol groups is 2. The maximum atomic E-state index is 4.83. The van der Waals surface area contributed by atoms with E-state index in [0.29, 0.717) is 0 Å². The lowest BCUT2D eigenvalue weighted by atomic mass is 9.46. The fourth-order valence-corrected chi connectivity index (χ4v) is 7.43. The molecule has 3 aliphatic rings. The predicted molar refractivity (Wildman–Crippen MR) is 113 cm³/mol. The Kier molecular flexibility index (Phi) is 8.22. The van der Waals surface area contributed by atoms with Crippen LogP contribution in [0, 0.1) is 35.5 Å². The van der Waals surface area contributed by atoms with Gasteiger partial charge in [0.05, 0.1) is 0 Å². The van der Waals surface area contributed by atoms with E-state index in [0.717, 1.165) is 47.0 Å². The van der Waals surface area contributed by atoms with Crippen molar-refractivity contribution in [3.8, 4) is 0 Å². The van der Waals surface area contributed by atoms with Gasteiger partial charge in [-0.25, -0.2) is 0 Å². The van der Waals surface area contributed by atoms with Crippen LogP contribution in [0.2, 0.25) is 0 Å². The van der Waals surface area contributed by atoms with E-state index in [-0.39, 0.29) is 0 Å². The van der Waals surface area contributed by atoms with Crippen molar-refractivity contribution >= 4 is 25.3 Å². The molecule has 0 aromatic carbocycles. The van der Waals surface area contributed by atoms with Crippen molar-refractivity contribution < 1.29 is 0 Å². The summed E-state index contributed by atoms with van der Waals surface area (Å²) in [5, 5.41) is 0. The lowest BCUT2D eigenvalue weighted by molar-refractivity contribution is -0.0984. The normalized spacial score (nSPS) is 42.2. The van der Waals surface area contributed by atoms with Gasteiger partial charge in [-0.1, -0.05) is 64.2 Å². The third kappa shape index (κ3) is 4.51.